The van der Waals surface area contributed by atoms with Crippen molar-refractivity contribution in [2.75, 3.05) is 52.4 Å². The van der Waals surface area contributed by atoms with Crippen LogP contribution in [0.3, 0.4) is 0 Å². The molecule has 49 nitrogen and oxygen atoms in total. The molecular formula is C82H127N27O22. The van der Waals surface area contributed by atoms with Gasteiger partial charge in [0.05, 0.1) is 44.8 Å². The van der Waals surface area contributed by atoms with Crippen molar-refractivity contribution in [1.82, 2.24) is 85.1 Å². The van der Waals surface area contributed by atoms with Gasteiger partial charge in [-0.05, 0) is 135 Å². The molecule has 0 radical (unpaired) electrons. The van der Waals surface area contributed by atoms with E-state index in [1.807, 2.05) is 0 Å². The first-order valence-corrected chi connectivity index (χ1v) is 42.3. The van der Waals surface area contributed by atoms with Gasteiger partial charge in [0.25, 0.3) is 0 Å². The number of unbranched alkanes of at least 4 members (excludes halogenated alkanes) is 2. The molecule has 131 heavy (non-hydrogen) atoms. The molecule has 37 N–H and O–H groups in total. The minimum absolute atomic E-state index is 0.00619. The Morgan fingerprint density at radius 2 is 0.672 bits per heavy atom. The molecule has 49 heteroatoms. The van der Waals surface area contributed by atoms with Crippen LogP contribution in [-0.4, -0.2) is 283 Å². The molecular weight excluding hydrogens is 1720 g/mol. The molecule has 0 fully saturated rings. The van der Waals surface area contributed by atoms with Crippen molar-refractivity contribution < 1.29 is 106 Å². The van der Waals surface area contributed by atoms with Crippen LogP contribution in [0.25, 0.3) is 0 Å². The third-order valence-corrected chi connectivity index (χ3v) is 19.6. The van der Waals surface area contributed by atoms with E-state index in [1.54, 1.807) is 91.0 Å². The predicted octanol–water partition coefficient (Wildman–Crippen LogP) is -11.3. The molecule has 722 valence electrons. The van der Waals surface area contributed by atoms with Crippen LogP contribution in [0.5, 0.6) is 0 Å². The monoisotopic (exact) mass is 1840 g/mol. The third-order valence-electron chi connectivity index (χ3n) is 19.6. The first-order chi connectivity index (χ1) is 62.1. The highest BCUT2D eigenvalue weighted by Gasteiger charge is 2.38. The van der Waals surface area contributed by atoms with E-state index in [4.69, 9.17) is 51.6 Å². The van der Waals surface area contributed by atoms with Crippen LogP contribution < -0.4 is 137 Å². The number of hydrogen-bond acceptors (Lipinski definition) is 26. The number of aliphatic imine (C=N–C) groups is 2. The maximum Gasteiger partial charge on any atom is 0.326 e. The van der Waals surface area contributed by atoms with Crippen LogP contribution >= 0.6 is 0 Å². The number of carboxylic acids is 1. The summed E-state index contributed by atoms with van der Waals surface area (Å²) in [7, 11) is 0. The van der Waals surface area contributed by atoms with Gasteiger partial charge < -0.3 is 152 Å². The number of nitrogens with one attached hydrogen (secondary N) is 16. The van der Waals surface area contributed by atoms with E-state index in [1.165, 1.54) is 20.8 Å². The molecule has 0 bridgehead atoms. The molecule has 3 aromatic rings. The molecule has 0 heterocycles. The van der Waals surface area contributed by atoms with Crippen LogP contribution in [0, 0.1) is 0 Å². The molecule has 3 aromatic carbocycles. The zero-order valence-corrected chi connectivity index (χ0v) is 73.5. The number of amides is 18. The third kappa shape index (κ3) is 44.5. The fourth-order valence-electron chi connectivity index (χ4n) is 12.4. The van der Waals surface area contributed by atoms with Crippen molar-refractivity contribution in [3.63, 3.8) is 0 Å². The predicted molar refractivity (Wildman–Crippen MR) is 474 cm³/mol. The maximum atomic E-state index is 14.5. The summed E-state index contributed by atoms with van der Waals surface area (Å²) in [6, 6.07) is 3.60. The fraction of sp³-hybridized carbons (Fsp3) is 0.524. The van der Waals surface area contributed by atoms with Gasteiger partial charge in [-0.1, -0.05) is 91.0 Å². The Balaban J connectivity index is 1.79. The highest BCUT2D eigenvalue weighted by molar-refractivity contribution is 6.01. The summed E-state index contributed by atoms with van der Waals surface area (Å²) in [4.78, 5) is 264. The van der Waals surface area contributed by atoms with Crippen molar-refractivity contribution in [1.29, 1.82) is 0 Å². The Hall–Kier alpha value is -14.1. The summed E-state index contributed by atoms with van der Waals surface area (Å²) in [5.74, 6) is -20.0. The summed E-state index contributed by atoms with van der Waals surface area (Å²) in [5.41, 5.74) is 52.1. The lowest BCUT2D eigenvalue weighted by atomic mass is 10.0. The number of carbonyl (C=O) groups is 19. The molecule has 0 aliphatic heterocycles. The lowest BCUT2D eigenvalue weighted by molar-refractivity contribution is -0.143. The summed E-state index contributed by atoms with van der Waals surface area (Å²) in [6.07, 6.45) is -3.31. The second kappa shape index (κ2) is 59.9. The second-order valence-electron chi connectivity index (χ2n) is 30.6. The van der Waals surface area contributed by atoms with E-state index in [9.17, 15) is 106 Å². The number of aliphatic carboxylic acids is 1. The summed E-state index contributed by atoms with van der Waals surface area (Å²) >= 11 is 0. The van der Waals surface area contributed by atoms with Crippen molar-refractivity contribution >= 4 is 124 Å². The summed E-state index contributed by atoms with van der Waals surface area (Å²) < 4.78 is 0. The van der Waals surface area contributed by atoms with Crippen LogP contribution in [0.4, 0.5) is 0 Å². The normalized spacial score (nSPS) is 14.3. The van der Waals surface area contributed by atoms with E-state index in [0.717, 1.165) is 12.5 Å². The minimum atomic E-state index is -1.86. The van der Waals surface area contributed by atoms with Gasteiger partial charge in [0.15, 0.2) is 11.9 Å². The van der Waals surface area contributed by atoms with Crippen LogP contribution in [-0.2, 0) is 110 Å². The summed E-state index contributed by atoms with van der Waals surface area (Å²) in [5, 5.41) is 69.5. The van der Waals surface area contributed by atoms with Gasteiger partial charge >= 0.3 is 5.97 Å². The topological polar surface area (TPSA) is 836 Å². The summed E-state index contributed by atoms with van der Waals surface area (Å²) in [6.45, 7) is 1.62. The van der Waals surface area contributed by atoms with Crippen LogP contribution in [0.1, 0.15) is 128 Å². The highest BCUT2D eigenvalue weighted by atomic mass is 16.4. The van der Waals surface area contributed by atoms with Gasteiger partial charge in [0, 0.05) is 32.4 Å². The van der Waals surface area contributed by atoms with Crippen LogP contribution in [0.2, 0.25) is 0 Å². The lowest BCUT2D eigenvalue weighted by Crippen LogP contribution is -2.61. The molecule has 0 spiro atoms. The number of guanidine groups is 2. The molecule has 3 rings (SSSR count). The van der Waals surface area contributed by atoms with Crippen LogP contribution in [0.15, 0.2) is 101 Å². The van der Waals surface area contributed by atoms with Crippen molar-refractivity contribution in [2.45, 2.75) is 221 Å². The highest BCUT2D eigenvalue weighted by Crippen LogP contribution is 2.13. The average molecular weight is 1840 g/mol. The Bertz CT molecular complexity index is 4380. The lowest BCUT2D eigenvalue weighted by Gasteiger charge is -2.27. The number of primary amides is 2. The molecule has 0 unspecified atom stereocenters. The number of rotatable bonds is 62. The first-order valence-electron chi connectivity index (χ1n) is 42.3. The van der Waals surface area contributed by atoms with Gasteiger partial charge in [-0.25, -0.2) is 4.79 Å². The van der Waals surface area contributed by atoms with E-state index >= 15 is 0 Å². The van der Waals surface area contributed by atoms with Crippen molar-refractivity contribution in [2.24, 2.45) is 61.6 Å². The second-order valence-corrected chi connectivity index (χ2v) is 30.6. The zero-order valence-electron chi connectivity index (χ0n) is 73.5. The number of aliphatic hydroxyl groups excluding tert-OH is 2. The van der Waals surface area contributed by atoms with E-state index < -0.39 is 248 Å². The van der Waals surface area contributed by atoms with E-state index in [2.05, 4.69) is 95.1 Å². The number of nitrogens with two attached hydrogens (primary N) is 9. The van der Waals surface area contributed by atoms with E-state index in [-0.39, 0.29) is 109 Å². The van der Waals surface area contributed by atoms with Gasteiger partial charge in [-0.2, -0.15) is 0 Å². The number of benzene rings is 3. The quantitative estimate of drug-likeness (QED) is 0.0142. The molecule has 0 aliphatic carbocycles. The SMILES string of the molecule is C[C@H](NC(=O)CNC(=O)[C@@H](NC(=O)[C@H](Cc1ccccc1)NC(=O)CNC(=O)CNC(=O)[C@@H](N)Cc1ccccc1)[C@@H](C)O)C(=O)N[C@@H](CCCN=C(N)N)C(=O)N[C@@H](CCCCN)C(=O)N[C@@H](CO)C(=O)N[C@@H](C)C(=O)N[C@@H](CCCN=C(N)N)C(=O)N[C@@H](CCCCN)C(=O)N[C@@H](Cc1ccccc1)C(=O)N[C@@H](C)C(=O)N[C@@H](CC(N)=O)C(=O)N[C@@H](CCC(N)=O)C(=O)O. The number of nitrogens with zero attached hydrogens (tertiary/aromatic N) is 2. The number of carbonyl (C=O) groups excluding carboxylic acids is 18. The number of carboxylic acid groups (broad SMARTS) is 1. The molecule has 0 aromatic heterocycles. The van der Waals surface area contributed by atoms with E-state index in [0.29, 0.717) is 24.0 Å². The van der Waals surface area contributed by atoms with Crippen molar-refractivity contribution in [3.8, 4) is 0 Å². The van der Waals surface area contributed by atoms with Gasteiger partial charge in [0.1, 0.15) is 78.5 Å². The molecule has 0 saturated heterocycles. The largest absolute Gasteiger partial charge is 0.480 e. The fourth-order valence-corrected chi connectivity index (χ4v) is 12.4. The van der Waals surface area contributed by atoms with Crippen molar-refractivity contribution in [3.05, 3.63) is 108 Å². The Morgan fingerprint density at radius 3 is 1.08 bits per heavy atom. The number of hydrogen-bond donors (Lipinski definition) is 28. The Labute approximate surface area is 755 Å². The first kappa shape index (κ1) is 111. The smallest absolute Gasteiger partial charge is 0.326 e. The van der Waals surface area contributed by atoms with Gasteiger partial charge in [0.2, 0.25) is 106 Å². The number of aliphatic hydroxyl groups is 2. The Kier molecular flexibility index (Phi) is 50.8. The molecule has 15 atom stereocenters. The molecule has 0 saturated carbocycles. The maximum absolute atomic E-state index is 14.5. The molecule has 18 amide bonds. The van der Waals surface area contributed by atoms with Gasteiger partial charge in [-0.15, -0.1) is 0 Å². The Morgan fingerprint density at radius 1 is 0.336 bits per heavy atom. The molecule has 0 aliphatic rings. The minimum Gasteiger partial charge on any atom is -0.480 e. The standard InChI is InChI=1S/C82H127N27O22/c1-44(97-64(115)42-96-79(129)66(47(4)111)109-77(127)57(37-49-22-10-6-11-23-49)100-65(116)41-94-63(114)40-95-70(120)51(85)36-48-20-8-5-9-21-48)67(117)101-54(28-18-34-92-81(88)89)71(121)104-53(27-15-17-33-84)74(124)108-60(43-110)78(128)99-45(2)68(118)102-55(29-19-35-93-82(90)91)72(122)103-52(26-14-16-32-83)73(123)107-58(38-50-24-12-7-13-25-50)75(125)98-46(3)69(119)106-59(39-62(87)113)76(126)105-56(80(130)131)30-31-61(86)112/h5-13,20-25,44-47,51-60,66,110-111H,14-19,26-43,83-85H2,1-4H3,(H2,86,112)(H2,87,113)(H,94,114)(H,95,120)(H,96,129)(H,97,115)(H,98,125)(H,99,128)(H,100,116)(H,101,117)(H,102,118)(H,103,122)(H,104,121)(H,105,126)(H,106,119)(H,107,123)(H,108,124)(H,109,127)(H,130,131)(H4,88,89,92)(H4,90,91,93)/t44-,45-,46-,47+,51-,52-,53-,54-,55-,56-,57-,58-,59-,60-,66-/m0/s1. The zero-order chi connectivity index (χ0) is 97.8. The van der Waals surface area contributed by atoms with Gasteiger partial charge in [-0.3, -0.25) is 96.3 Å². The average Bonchev–Trinajstić information content (AvgIpc) is 0.848.